The Kier molecular flexibility index (Phi) is 6.02. The number of benzene rings is 2. The van der Waals surface area contributed by atoms with Crippen LogP contribution in [0.4, 0.5) is 0 Å². The number of rotatable bonds is 6. The molecule has 0 aromatic heterocycles. The van der Waals surface area contributed by atoms with Crippen molar-refractivity contribution in [1.29, 1.82) is 0 Å². The van der Waals surface area contributed by atoms with Gasteiger partial charge in [-0.15, -0.1) is 0 Å². The van der Waals surface area contributed by atoms with Crippen LogP contribution in [0.1, 0.15) is 37.8 Å². The summed E-state index contributed by atoms with van der Waals surface area (Å²) in [6, 6.07) is 11.9. The number of allylic oxidation sites excluding steroid dienone is 2. The second-order valence-electron chi connectivity index (χ2n) is 5.66. The molecular weight excluding hydrogens is 376 g/mol. The van der Waals surface area contributed by atoms with Crippen LogP contribution in [0.5, 0.6) is 0 Å². The molecule has 0 bridgehead atoms. The number of hydrogen-bond acceptors (Lipinski definition) is 4. The van der Waals surface area contributed by atoms with E-state index in [4.69, 9.17) is 9.11 Å². The van der Waals surface area contributed by atoms with Gasteiger partial charge in [0.15, 0.2) is 0 Å². The molecule has 0 heterocycles. The Hall–Kier alpha value is -2.00. The van der Waals surface area contributed by atoms with Crippen LogP contribution < -0.4 is 0 Å². The SMILES string of the molecule is CC/C(=C(/CC)c1ccc(S(=O)(=O)O)cc1)c1ccc(S(=O)(=O)O)cc1. The minimum Gasteiger partial charge on any atom is -0.282 e. The lowest BCUT2D eigenvalue weighted by atomic mass is 9.91. The van der Waals surface area contributed by atoms with Gasteiger partial charge in [-0.25, -0.2) is 0 Å². The van der Waals surface area contributed by atoms with Crippen LogP contribution in [0.25, 0.3) is 11.1 Å². The lowest BCUT2D eigenvalue weighted by molar-refractivity contribution is 0.481. The van der Waals surface area contributed by atoms with E-state index in [0.717, 1.165) is 22.3 Å². The van der Waals surface area contributed by atoms with Crippen molar-refractivity contribution in [2.45, 2.75) is 36.5 Å². The van der Waals surface area contributed by atoms with Crippen molar-refractivity contribution in [3.8, 4) is 0 Å². The Morgan fingerprint density at radius 2 is 0.923 bits per heavy atom. The van der Waals surface area contributed by atoms with Crippen molar-refractivity contribution in [3.05, 3.63) is 59.7 Å². The summed E-state index contributed by atoms with van der Waals surface area (Å²) in [6.07, 6.45) is 1.35. The lowest BCUT2D eigenvalue weighted by Crippen LogP contribution is -1.99. The summed E-state index contributed by atoms with van der Waals surface area (Å²) in [5.41, 5.74) is 3.59. The Morgan fingerprint density at radius 3 is 1.12 bits per heavy atom. The van der Waals surface area contributed by atoms with Crippen LogP contribution >= 0.6 is 0 Å². The molecule has 6 nitrogen and oxygen atoms in total. The van der Waals surface area contributed by atoms with E-state index in [-0.39, 0.29) is 9.79 Å². The average molecular weight is 396 g/mol. The highest BCUT2D eigenvalue weighted by atomic mass is 32.2. The van der Waals surface area contributed by atoms with E-state index in [2.05, 4.69) is 0 Å². The van der Waals surface area contributed by atoms with Gasteiger partial charge in [-0.1, -0.05) is 38.1 Å². The maximum Gasteiger partial charge on any atom is 0.294 e. The molecule has 0 spiro atoms. The molecule has 0 amide bonds. The third kappa shape index (κ3) is 4.59. The zero-order valence-corrected chi connectivity index (χ0v) is 16.0. The van der Waals surface area contributed by atoms with Crippen LogP contribution in [0.3, 0.4) is 0 Å². The Morgan fingerprint density at radius 1 is 0.654 bits per heavy atom. The summed E-state index contributed by atoms with van der Waals surface area (Å²) in [7, 11) is -8.49. The first-order valence-electron chi connectivity index (χ1n) is 7.95. The lowest BCUT2D eigenvalue weighted by Gasteiger charge is -2.14. The van der Waals surface area contributed by atoms with Crippen LogP contribution in [0.15, 0.2) is 58.3 Å². The van der Waals surface area contributed by atoms with Gasteiger partial charge in [0.25, 0.3) is 20.2 Å². The molecule has 0 aliphatic heterocycles. The van der Waals surface area contributed by atoms with Gasteiger partial charge in [0, 0.05) is 0 Å². The molecule has 8 heteroatoms. The van der Waals surface area contributed by atoms with Crippen molar-refractivity contribution in [1.82, 2.24) is 0 Å². The van der Waals surface area contributed by atoms with Gasteiger partial charge in [-0.3, -0.25) is 9.11 Å². The van der Waals surface area contributed by atoms with Gasteiger partial charge in [-0.05, 0) is 59.4 Å². The van der Waals surface area contributed by atoms with E-state index in [9.17, 15) is 16.8 Å². The average Bonchev–Trinajstić information content (AvgIpc) is 2.58. The summed E-state index contributed by atoms with van der Waals surface area (Å²) in [4.78, 5) is -0.348. The van der Waals surface area contributed by atoms with Gasteiger partial charge in [0.2, 0.25) is 0 Å². The van der Waals surface area contributed by atoms with E-state index in [0.29, 0.717) is 12.8 Å². The van der Waals surface area contributed by atoms with Gasteiger partial charge in [-0.2, -0.15) is 16.8 Å². The molecular formula is C18H20O6S2. The fourth-order valence-corrected chi connectivity index (χ4v) is 3.80. The molecule has 0 fully saturated rings. The monoisotopic (exact) mass is 396 g/mol. The fraction of sp³-hybridized carbons (Fsp3) is 0.222. The highest BCUT2D eigenvalue weighted by molar-refractivity contribution is 7.86. The summed E-state index contributed by atoms with van der Waals surface area (Å²) < 4.78 is 62.9. The van der Waals surface area contributed by atoms with Gasteiger partial charge in [0.05, 0.1) is 9.79 Å². The highest BCUT2D eigenvalue weighted by Gasteiger charge is 2.14. The molecule has 0 saturated heterocycles. The first kappa shape index (κ1) is 20.3. The van der Waals surface area contributed by atoms with Gasteiger partial charge < -0.3 is 0 Å². The third-order valence-electron chi connectivity index (χ3n) is 4.07. The van der Waals surface area contributed by atoms with Crippen molar-refractivity contribution in [2.24, 2.45) is 0 Å². The molecule has 0 aliphatic rings. The van der Waals surface area contributed by atoms with Crippen molar-refractivity contribution in [3.63, 3.8) is 0 Å². The topological polar surface area (TPSA) is 109 Å². The summed E-state index contributed by atoms with van der Waals surface area (Å²) in [6.45, 7) is 3.93. The van der Waals surface area contributed by atoms with E-state index in [1.54, 1.807) is 24.3 Å². The summed E-state index contributed by atoms with van der Waals surface area (Å²) in [5.74, 6) is 0. The first-order valence-corrected chi connectivity index (χ1v) is 10.8. The predicted octanol–water partition coefficient (Wildman–Crippen LogP) is 3.91. The van der Waals surface area contributed by atoms with Crippen LogP contribution in [0.2, 0.25) is 0 Å². The van der Waals surface area contributed by atoms with Crippen LogP contribution in [-0.4, -0.2) is 25.9 Å². The second-order valence-corrected chi connectivity index (χ2v) is 8.51. The Bertz CT molecular complexity index is 931. The zero-order chi connectivity index (χ0) is 19.5. The van der Waals surface area contributed by atoms with E-state index < -0.39 is 20.2 Å². The maximum absolute atomic E-state index is 11.2. The maximum atomic E-state index is 11.2. The van der Waals surface area contributed by atoms with E-state index in [1.165, 1.54) is 24.3 Å². The molecule has 0 radical (unpaired) electrons. The second kappa shape index (κ2) is 7.71. The van der Waals surface area contributed by atoms with E-state index in [1.807, 2.05) is 13.8 Å². The molecule has 0 unspecified atom stereocenters. The normalized spacial score (nSPS) is 13.4. The summed E-state index contributed by atoms with van der Waals surface area (Å²) in [5, 5.41) is 0. The molecule has 0 aliphatic carbocycles. The molecule has 26 heavy (non-hydrogen) atoms. The smallest absolute Gasteiger partial charge is 0.282 e. The minimum atomic E-state index is -4.25. The third-order valence-corrected chi connectivity index (χ3v) is 5.81. The van der Waals surface area contributed by atoms with Crippen LogP contribution in [0, 0.1) is 0 Å². The Labute approximate surface area is 153 Å². The first-order chi connectivity index (χ1) is 12.1. The predicted molar refractivity (Wildman–Crippen MR) is 99.9 cm³/mol. The standard InChI is InChI=1S/C18H20O6S2/c1-3-17(13-5-9-15(10-6-13)25(19,20)21)18(4-2)14-7-11-16(12-8-14)26(22,23)24/h5-12H,3-4H2,1-2H3,(H,19,20,21)(H,22,23,24)/b18-17+. The van der Waals surface area contributed by atoms with E-state index >= 15 is 0 Å². The Balaban J connectivity index is 2.53. The van der Waals surface area contributed by atoms with Gasteiger partial charge >= 0.3 is 0 Å². The van der Waals surface area contributed by atoms with Gasteiger partial charge in [0.1, 0.15) is 0 Å². The van der Waals surface area contributed by atoms with Crippen LogP contribution in [-0.2, 0) is 20.2 Å². The largest absolute Gasteiger partial charge is 0.294 e. The summed E-state index contributed by atoms with van der Waals surface area (Å²) >= 11 is 0. The highest BCUT2D eigenvalue weighted by Crippen LogP contribution is 2.32. The van der Waals surface area contributed by atoms with Crippen molar-refractivity contribution in [2.75, 3.05) is 0 Å². The fourth-order valence-electron chi connectivity index (χ4n) is 2.84. The molecule has 2 rings (SSSR count). The quantitative estimate of drug-likeness (QED) is 0.566. The van der Waals surface area contributed by atoms with Crippen molar-refractivity contribution >= 4 is 31.4 Å². The minimum absolute atomic E-state index is 0.174. The molecule has 0 atom stereocenters. The molecule has 2 aromatic rings. The zero-order valence-electron chi connectivity index (χ0n) is 14.4. The van der Waals surface area contributed by atoms with Crippen molar-refractivity contribution < 1.29 is 25.9 Å². The number of hydrogen-bond donors (Lipinski definition) is 2. The molecule has 2 aromatic carbocycles. The molecule has 140 valence electrons. The molecule has 2 N–H and O–H groups in total. The molecule has 0 saturated carbocycles.